The number of oxazole rings is 2. The van der Waals surface area contributed by atoms with Gasteiger partial charge in [0.25, 0.3) is 0 Å². The summed E-state index contributed by atoms with van der Waals surface area (Å²) >= 11 is 0. The van der Waals surface area contributed by atoms with E-state index < -0.39 is 0 Å². The molecule has 0 aliphatic rings. The molecule has 0 fully saturated rings. The van der Waals surface area contributed by atoms with Gasteiger partial charge in [0.2, 0.25) is 17.5 Å². The molecule has 7 nitrogen and oxygen atoms in total. The molecule has 6 aromatic carbocycles. The highest BCUT2D eigenvalue weighted by atomic mass is 16.4. The molecule has 50 heavy (non-hydrogen) atoms. The van der Waals surface area contributed by atoms with Gasteiger partial charge in [-0.2, -0.15) is 0 Å². The molecule has 7 heteroatoms. The lowest BCUT2D eigenvalue weighted by molar-refractivity contribution is 0.619. The first-order valence-corrected chi connectivity index (χ1v) is 16.3. The molecule has 0 amide bonds. The van der Waals surface area contributed by atoms with Crippen LogP contribution in [0.4, 0.5) is 17.1 Å². The number of anilines is 3. The van der Waals surface area contributed by atoms with E-state index in [2.05, 4.69) is 70.5 Å². The Labute approximate surface area is 285 Å². The molecule has 0 N–H and O–H groups in total. The van der Waals surface area contributed by atoms with Crippen molar-refractivity contribution in [2.24, 2.45) is 0 Å². The van der Waals surface area contributed by atoms with Crippen LogP contribution in [-0.2, 0) is 0 Å². The van der Waals surface area contributed by atoms with E-state index in [0.717, 1.165) is 77.9 Å². The van der Waals surface area contributed by atoms with Crippen molar-refractivity contribution in [1.29, 1.82) is 0 Å². The fourth-order valence-electron chi connectivity index (χ4n) is 6.51. The number of para-hydroxylation sites is 5. The summed E-state index contributed by atoms with van der Waals surface area (Å²) in [4.78, 5) is 16.2. The molecule has 0 radical (unpaired) electrons. The zero-order valence-corrected chi connectivity index (χ0v) is 26.5. The van der Waals surface area contributed by atoms with Crippen molar-refractivity contribution in [2.75, 3.05) is 4.90 Å². The number of hydrogen-bond donors (Lipinski definition) is 0. The van der Waals surface area contributed by atoms with Crippen LogP contribution in [0.15, 0.2) is 171 Å². The maximum atomic E-state index is 6.05. The van der Waals surface area contributed by atoms with Gasteiger partial charge in [0.05, 0.1) is 0 Å². The van der Waals surface area contributed by atoms with Crippen LogP contribution in [0.5, 0.6) is 0 Å². The number of hydrogen-bond acceptors (Lipinski definition) is 7. The molecule has 4 heterocycles. The fraction of sp³-hybridized carbons (Fsp3) is 0. The summed E-state index contributed by atoms with van der Waals surface area (Å²) in [6.07, 6.45) is 1.87. The third-order valence-corrected chi connectivity index (χ3v) is 9.03. The van der Waals surface area contributed by atoms with Gasteiger partial charge >= 0.3 is 0 Å². The minimum atomic E-state index is 0.590. The van der Waals surface area contributed by atoms with Gasteiger partial charge in [0.1, 0.15) is 16.6 Å². The Bertz CT molecular complexity index is 2630. The van der Waals surface area contributed by atoms with Crippen LogP contribution in [0.25, 0.3) is 78.3 Å². The summed E-state index contributed by atoms with van der Waals surface area (Å²) in [6.45, 7) is 0. The first-order valence-electron chi connectivity index (χ1n) is 16.3. The minimum absolute atomic E-state index is 0.590. The number of fused-ring (bicyclic) bond motifs is 5. The lowest BCUT2D eigenvalue weighted by Gasteiger charge is -2.26. The van der Waals surface area contributed by atoms with Gasteiger partial charge in [-0.3, -0.25) is 0 Å². The molecule has 236 valence electrons. The van der Waals surface area contributed by atoms with Crippen LogP contribution in [0.1, 0.15) is 0 Å². The van der Waals surface area contributed by atoms with Crippen molar-refractivity contribution in [3.8, 4) is 34.0 Å². The molecule has 0 atom stereocenters. The molecule has 0 saturated heterocycles. The lowest BCUT2D eigenvalue weighted by Crippen LogP contribution is -2.09. The normalized spacial score (nSPS) is 11.6. The molecule has 0 aliphatic carbocycles. The van der Waals surface area contributed by atoms with Crippen LogP contribution in [0.2, 0.25) is 0 Å². The van der Waals surface area contributed by atoms with E-state index in [-0.39, 0.29) is 0 Å². The van der Waals surface area contributed by atoms with Gasteiger partial charge < -0.3 is 18.2 Å². The number of aromatic nitrogens is 3. The summed E-state index contributed by atoms with van der Waals surface area (Å²) in [5.74, 6) is 1.18. The number of pyridine rings is 1. The molecular weight excluding hydrogens is 620 g/mol. The van der Waals surface area contributed by atoms with Crippen molar-refractivity contribution < 1.29 is 13.3 Å². The molecular formula is C43H26N4O3. The Balaban J connectivity index is 1.03. The zero-order chi connectivity index (χ0) is 33.0. The summed E-state index contributed by atoms with van der Waals surface area (Å²) in [7, 11) is 0. The average Bonchev–Trinajstić information content (AvgIpc) is 3.91. The number of benzene rings is 6. The highest BCUT2D eigenvalue weighted by Crippen LogP contribution is 2.39. The number of furan rings is 1. The summed E-state index contributed by atoms with van der Waals surface area (Å²) < 4.78 is 18.1. The number of nitrogens with zero attached hydrogens (tertiary/aromatic N) is 4. The molecule has 0 unspecified atom stereocenters. The van der Waals surface area contributed by atoms with Gasteiger partial charge in [-0.05, 0) is 103 Å². The SMILES string of the molecule is c1ccc2oc(-c3ccc(N(c4ccc(-c5cnc6oc7ccccc7c6c5)cc4)c4ccc(-c5nc6ccccc6o5)cc4)cc3)nc2c1. The topological polar surface area (TPSA) is 81.3 Å². The summed E-state index contributed by atoms with van der Waals surface area (Å²) in [5.41, 5.74) is 11.5. The van der Waals surface area contributed by atoms with Crippen molar-refractivity contribution in [3.63, 3.8) is 0 Å². The van der Waals surface area contributed by atoms with Crippen LogP contribution < -0.4 is 4.90 Å². The second-order valence-corrected chi connectivity index (χ2v) is 12.1. The third-order valence-electron chi connectivity index (χ3n) is 9.03. The maximum absolute atomic E-state index is 6.05. The van der Waals surface area contributed by atoms with Gasteiger partial charge in [-0.25, -0.2) is 15.0 Å². The van der Waals surface area contributed by atoms with Gasteiger partial charge in [0, 0.05) is 50.7 Å². The van der Waals surface area contributed by atoms with E-state index in [9.17, 15) is 0 Å². The summed E-state index contributed by atoms with van der Waals surface area (Å²) in [6, 6.07) is 50.9. The lowest BCUT2D eigenvalue weighted by atomic mass is 10.0. The number of rotatable bonds is 6. The van der Waals surface area contributed by atoms with Crippen molar-refractivity contribution in [3.05, 3.63) is 158 Å². The highest BCUT2D eigenvalue weighted by molar-refractivity contribution is 6.04. The van der Waals surface area contributed by atoms with E-state index in [1.54, 1.807) is 0 Å². The zero-order valence-electron chi connectivity index (χ0n) is 26.5. The molecule has 4 aromatic heterocycles. The van der Waals surface area contributed by atoms with Crippen molar-refractivity contribution in [2.45, 2.75) is 0 Å². The standard InChI is InChI=1S/C43H26N4O3/c1-4-10-38-34(7-1)35-25-30(26-44-43(35)48-38)27-13-19-31(20-14-27)47(32-21-15-28(16-22-32)41-45-36-8-2-5-11-39(36)49-41)33-23-17-29(18-24-33)42-46-37-9-3-6-12-40(37)50-42/h1-26H. The molecule has 0 bridgehead atoms. The highest BCUT2D eigenvalue weighted by Gasteiger charge is 2.17. The van der Waals surface area contributed by atoms with E-state index in [4.69, 9.17) is 23.2 Å². The first-order chi connectivity index (χ1) is 24.7. The predicted molar refractivity (Wildman–Crippen MR) is 198 cm³/mol. The van der Waals surface area contributed by atoms with Crippen LogP contribution >= 0.6 is 0 Å². The third kappa shape index (κ3) is 4.79. The monoisotopic (exact) mass is 646 g/mol. The van der Waals surface area contributed by atoms with Gasteiger partial charge in [-0.1, -0.05) is 54.6 Å². The van der Waals surface area contributed by atoms with E-state index in [1.165, 1.54) is 0 Å². The van der Waals surface area contributed by atoms with E-state index in [1.807, 2.05) is 97.2 Å². The fourth-order valence-corrected chi connectivity index (χ4v) is 6.51. The second kappa shape index (κ2) is 11.3. The predicted octanol–water partition coefficient (Wildman–Crippen LogP) is 11.7. The summed E-state index contributed by atoms with van der Waals surface area (Å²) in [5, 5.41) is 2.06. The molecule has 10 aromatic rings. The smallest absolute Gasteiger partial charge is 0.227 e. The Morgan fingerprint density at radius 3 is 1.42 bits per heavy atom. The molecule has 0 aliphatic heterocycles. The Kier molecular flexibility index (Phi) is 6.35. The Hall–Kier alpha value is -6.99. The van der Waals surface area contributed by atoms with Crippen LogP contribution in [-0.4, -0.2) is 15.0 Å². The molecule has 0 saturated carbocycles. The van der Waals surface area contributed by atoms with E-state index in [0.29, 0.717) is 17.5 Å². The van der Waals surface area contributed by atoms with Crippen LogP contribution in [0.3, 0.4) is 0 Å². The quantitative estimate of drug-likeness (QED) is 0.178. The Morgan fingerprint density at radius 1 is 0.400 bits per heavy atom. The Morgan fingerprint density at radius 2 is 0.880 bits per heavy atom. The van der Waals surface area contributed by atoms with E-state index >= 15 is 0 Å². The average molecular weight is 647 g/mol. The van der Waals surface area contributed by atoms with Crippen molar-refractivity contribution >= 4 is 61.3 Å². The van der Waals surface area contributed by atoms with Crippen LogP contribution in [0, 0.1) is 0 Å². The molecule has 10 rings (SSSR count). The van der Waals surface area contributed by atoms with Gasteiger partial charge in [-0.15, -0.1) is 0 Å². The maximum Gasteiger partial charge on any atom is 0.227 e. The first kappa shape index (κ1) is 28.1. The van der Waals surface area contributed by atoms with Crippen molar-refractivity contribution in [1.82, 2.24) is 15.0 Å². The van der Waals surface area contributed by atoms with Gasteiger partial charge in [0.15, 0.2) is 11.2 Å². The molecule has 0 spiro atoms. The second-order valence-electron chi connectivity index (χ2n) is 12.1. The minimum Gasteiger partial charge on any atom is -0.438 e. The largest absolute Gasteiger partial charge is 0.438 e.